The molecule has 4 nitrogen and oxygen atoms in total. The third kappa shape index (κ3) is 1.81. The van der Waals surface area contributed by atoms with Crippen LogP contribution in [-0.2, 0) is 12.8 Å². The number of benzene rings is 1. The SMILES string of the molecule is O=C(O)N1CCc2c1ccc(Br)c2CCO. The lowest BCUT2D eigenvalue weighted by Crippen LogP contribution is -2.26. The number of hydrogen-bond donors (Lipinski definition) is 2. The van der Waals surface area contributed by atoms with E-state index in [9.17, 15) is 4.79 Å². The first kappa shape index (κ1) is 11.4. The van der Waals surface area contributed by atoms with E-state index in [2.05, 4.69) is 15.9 Å². The van der Waals surface area contributed by atoms with Crippen LogP contribution in [0, 0.1) is 0 Å². The Balaban J connectivity index is 2.47. The van der Waals surface area contributed by atoms with Gasteiger partial charge in [-0.1, -0.05) is 15.9 Å². The van der Waals surface area contributed by atoms with Crippen LogP contribution >= 0.6 is 15.9 Å². The van der Waals surface area contributed by atoms with Gasteiger partial charge in [0, 0.05) is 17.6 Å². The van der Waals surface area contributed by atoms with Crippen molar-refractivity contribution in [1.29, 1.82) is 0 Å². The van der Waals surface area contributed by atoms with Crippen molar-refractivity contribution in [2.45, 2.75) is 12.8 Å². The van der Waals surface area contributed by atoms with Crippen molar-refractivity contribution in [2.75, 3.05) is 18.1 Å². The molecule has 0 fully saturated rings. The fourth-order valence-corrected chi connectivity index (χ4v) is 2.68. The Labute approximate surface area is 102 Å². The van der Waals surface area contributed by atoms with Crippen LogP contribution in [0.4, 0.5) is 10.5 Å². The highest BCUT2D eigenvalue weighted by Gasteiger charge is 2.26. The van der Waals surface area contributed by atoms with E-state index in [1.54, 1.807) is 6.07 Å². The van der Waals surface area contributed by atoms with Crippen LogP contribution in [0.3, 0.4) is 0 Å². The summed E-state index contributed by atoms with van der Waals surface area (Å²) in [7, 11) is 0. The first-order valence-corrected chi connectivity index (χ1v) is 5.86. The van der Waals surface area contributed by atoms with Gasteiger partial charge >= 0.3 is 6.09 Å². The van der Waals surface area contributed by atoms with Gasteiger partial charge in [0.1, 0.15) is 0 Å². The maximum atomic E-state index is 11.0. The fraction of sp³-hybridized carbons (Fsp3) is 0.364. The van der Waals surface area contributed by atoms with Crippen LogP contribution in [0.5, 0.6) is 0 Å². The minimum atomic E-state index is -0.920. The number of carbonyl (C=O) groups is 1. The Morgan fingerprint density at radius 2 is 2.25 bits per heavy atom. The molecule has 1 aromatic carbocycles. The average molecular weight is 286 g/mol. The zero-order valence-corrected chi connectivity index (χ0v) is 10.2. The van der Waals surface area contributed by atoms with Crippen molar-refractivity contribution in [1.82, 2.24) is 0 Å². The Morgan fingerprint density at radius 1 is 1.50 bits per heavy atom. The molecule has 2 rings (SSSR count). The van der Waals surface area contributed by atoms with Gasteiger partial charge in [0.15, 0.2) is 0 Å². The van der Waals surface area contributed by atoms with E-state index in [1.165, 1.54) is 4.90 Å². The van der Waals surface area contributed by atoms with Gasteiger partial charge in [-0.15, -0.1) is 0 Å². The molecule has 0 spiro atoms. The van der Waals surface area contributed by atoms with Crippen molar-refractivity contribution < 1.29 is 15.0 Å². The second-order valence-corrected chi connectivity index (χ2v) is 4.54. The first-order valence-electron chi connectivity index (χ1n) is 5.06. The molecular weight excluding hydrogens is 274 g/mol. The molecule has 16 heavy (non-hydrogen) atoms. The smallest absolute Gasteiger partial charge is 0.411 e. The summed E-state index contributed by atoms with van der Waals surface area (Å²) in [5.74, 6) is 0. The van der Waals surface area contributed by atoms with Gasteiger partial charge in [-0.3, -0.25) is 4.90 Å². The maximum absolute atomic E-state index is 11.0. The molecule has 1 aromatic rings. The molecule has 1 amide bonds. The lowest BCUT2D eigenvalue weighted by atomic mass is 10.0. The molecule has 1 aliphatic rings. The summed E-state index contributed by atoms with van der Waals surface area (Å²) in [5.41, 5.74) is 2.80. The third-order valence-corrected chi connectivity index (χ3v) is 3.56. The van der Waals surface area contributed by atoms with E-state index < -0.39 is 6.09 Å². The van der Waals surface area contributed by atoms with Gasteiger partial charge in [-0.2, -0.15) is 0 Å². The van der Waals surface area contributed by atoms with Crippen molar-refractivity contribution in [3.05, 3.63) is 27.7 Å². The molecule has 0 unspecified atom stereocenters. The number of carboxylic acid groups (broad SMARTS) is 1. The second-order valence-electron chi connectivity index (χ2n) is 3.68. The summed E-state index contributed by atoms with van der Waals surface area (Å²) >= 11 is 3.43. The van der Waals surface area contributed by atoms with Crippen LogP contribution in [0.15, 0.2) is 16.6 Å². The largest absolute Gasteiger partial charge is 0.465 e. The van der Waals surface area contributed by atoms with Gasteiger partial charge < -0.3 is 10.2 Å². The zero-order valence-electron chi connectivity index (χ0n) is 8.61. The number of rotatable bonds is 2. The zero-order chi connectivity index (χ0) is 11.7. The summed E-state index contributed by atoms with van der Waals surface area (Å²) in [5, 5.41) is 18.0. The fourth-order valence-electron chi connectivity index (χ4n) is 2.11. The number of hydrogen-bond acceptors (Lipinski definition) is 2. The van der Waals surface area contributed by atoms with Crippen molar-refractivity contribution in [2.24, 2.45) is 0 Å². The molecule has 0 bridgehead atoms. The summed E-state index contributed by atoms with van der Waals surface area (Å²) < 4.78 is 0.938. The Kier molecular flexibility index (Phi) is 3.16. The molecule has 1 heterocycles. The number of aliphatic hydroxyl groups excluding tert-OH is 1. The lowest BCUT2D eigenvalue weighted by molar-refractivity contribution is 0.202. The van der Waals surface area contributed by atoms with Crippen LogP contribution in [0.25, 0.3) is 0 Å². The van der Waals surface area contributed by atoms with Crippen molar-refractivity contribution >= 4 is 27.7 Å². The third-order valence-electron chi connectivity index (χ3n) is 2.82. The monoisotopic (exact) mass is 285 g/mol. The summed E-state index contributed by atoms with van der Waals surface area (Å²) in [6, 6.07) is 3.65. The Bertz CT molecular complexity index is 433. The number of amides is 1. The number of halogens is 1. The van der Waals surface area contributed by atoms with Gasteiger partial charge in [0.25, 0.3) is 0 Å². The molecule has 0 radical (unpaired) electrons. The molecule has 0 saturated heterocycles. The van der Waals surface area contributed by atoms with Gasteiger partial charge in [-0.25, -0.2) is 4.79 Å². The summed E-state index contributed by atoms with van der Waals surface area (Å²) in [4.78, 5) is 12.3. The topological polar surface area (TPSA) is 60.8 Å². The molecular formula is C11H12BrNO3. The molecule has 1 aliphatic heterocycles. The number of fused-ring (bicyclic) bond motifs is 1. The highest BCUT2D eigenvalue weighted by Crippen LogP contribution is 2.35. The number of anilines is 1. The molecule has 0 atom stereocenters. The van der Waals surface area contributed by atoms with Crippen LogP contribution < -0.4 is 4.90 Å². The van der Waals surface area contributed by atoms with Crippen molar-refractivity contribution in [3.63, 3.8) is 0 Å². The summed E-state index contributed by atoms with van der Waals surface area (Å²) in [6.45, 7) is 0.571. The van der Waals surface area contributed by atoms with Crippen LogP contribution in [0.2, 0.25) is 0 Å². The normalized spacial score (nSPS) is 14.0. The first-order chi connectivity index (χ1) is 7.65. The minimum absolute atomic E-state index is 0.0716. The van der Waals surface area contributed by atoms with Gasteiger partial charge in [0.05, 0.1) is 5.69 Å². The average Bonchev–Trinajstić information content (AvgIpc) is 2.66. The quantitative estimate of drug-likeness (QED) is 0.874. The molecule has 0 saturated carbocycles. The van der Waals surface area contributed by atoms with Gasteiger partial charge in [-0.05, 0) is 36.1 Å². The van der Waals surface area contributed by atoms with Crippen LogP contribution in [-0.4, -0.2) is 29.5 Å². The van der Waals surface area contributed by atoms with Crippen LogP contribution in [0.1, 0.15) is 11.1 Å². The Morgan fingerprint density at radius 3 is 2.88 bits per heavy atom. The van der Waals surface area contributed by atoms with Crippen molar-refractivity contribution in [3.8, 4) is 0 Å². The predicted molar refractivity (Wildman–Crippen MR) is 64.0 cm³/mol. The van der Waals surface area contributed by atoms with Gasteiger partial charge in [0.2, 0.25) is 0 Å². The van der Waals surface area contributed by atoms with E-state index >= 15 is 0 Å². The second kappa shape index (κ2) is 4.43. The molecule has 0 aliphatic carbocycles. The number of nitrogens with zero attached hydrogens (tertiary/aromatic N) is 1. The standard InChI is InChI=1S/C11H12BrNO3/c12-9-1-2-10-8(7(9)4-6-14)3-5-13(10)11(15)16/h1-2,14H,3-6H2,(H,15,16). The Hall–Kier alpha value is -1.07. The minimum Gasteiger partial charge on any atom is -0.465 e. The van der Waals surface area contributed by atoms with E-state index in [1.807, 2.05) is 6.07 Å². The maximum Gasteiger partial charge on any atom is 0.411 e. The predicted octanol–water partition coefficient (Wildman–Crippen LogP) is 2.02. The van der Waals surface area contributed by atoms with E-state index in [4.69, 9.17) is 10.2 Å². The van der Waals surface area contributed by atoms with E-state index in [0.717, 1.165) is 27.7 Å². The molecule has 0 aromatic heterocycles. The molecule has 2 N–H and O–H groups in total. The highest BCUT2D eigenvalue weighted by molar-refractivity contribution is 9.10. The highest BCUT2D eigenvalue weighted by atomic mass is 79.9. The van der Waals surface area contributed by atoms with E-state index in [0.29, 0.717) is 13.0 Å². The summed E-state index contributed by atoms with van der Waals surface area (Å²) in [6.07, 6.45) is 0.351. The lowest BCUT2D eigenvalue weighted by Gasteiger charge is -2.14. The van der Waals surface area contributed by atoms with E-state index in [-0.39, 0.29) is 6.61 Å². The molecule has 5 heteroatoms. The number of aliphatic hydroxyl groups is 1. The molecule has 86 valence electrons.